The van der Waals surface area contributed by atoms with Crippen LogP contribution in [0.3, 0.4) is 0 Å². The van der Waals surface area contributed by atoms with Gasteiger partial charge in [0, 0.05) is 0 Å². The Morgan fingerprint density at radius 1 is 1.21 bits per heavy atom. The molecule has 1 aromatic rings. The lowest BCUT2D eigenvalue weighted by Crippen LogP contribution is -2.42. The van der Waals surface area contributed by atoms with Gasteiger partial charge in [0.05, 0.1) is 5.56 Å². The molecular formula is C16H18F3NO4. The highest BCUT2D eigenvalue weighted by atomic mass is 19.4. The predicted octanol–water partition coefficient (Wildman–Crippen LogP) is 2.66. The van der Waals surface area contributed by atoms with Crippen molar-refractivity contribution >= 4 is 11.9 Å². The number of aliphatic carboxylic acids is 1. The number of benzene rings is 1. The van der Waals surface area contributed by atoms with Crippen LogP contribution in [0.5, 0.6) is 0 Å². The molecule has 0 heterocycles. The maximum absolute atomic E-state index is 12.5. The standard InChI is InChI=1S/C16H18F3NO4/c1-9(2)3-8-12(15(23)24)20-14(22)13(21)10-4-6-11(7-5-10)16(17,18)19/h3-7,12-13,21H,8H2,1-2H3,(H,20,22)(H,23,24)/t12-,13-/m0/s1. The number of nitrogens with one attached hydrogen (secondary N) is 1. The summed E-state index contributed by atoms with van der Waals surface area (Å²) >= 11 is 0. The second-order valence-electron chi connectivity index (χ2n) is 5.44. The maximum Gasteiger partial charge on any atom is 0.416 e. The number of halogens is 3. The van der Waals surface area contributed by atoms with Gasteiger partial charge in [0.2, 0.25) is 0 Å². The third-order valence-corrected chi connectivity index (χ3v) is 3.18. The summed E-state index contributed by atoms with van der Waals surface area (Å²) in [6.07, 6.45) is -4.64. The molecule has 0 aliphatic heterocycles. The number of carbonyl (C=O) groups is 2. The minimum absolute atomic E-state index is 0.0309. The zero-order chi connectivity index (χ0) is 18.5. The molecule has 132 valence electrons. The van der Waals surface area contributed by atoms with E-state index in [-0.39, 0.29) is 12.0 Å². The normalized spacial score (nSPS) is 13.8. The van der Waals surface area contributed by atoms with Gasteiger partial charge in [0.1, 0.15) is 6.04 Å². The lowest BCUT2D eigenvalue weighted by molar-refractivity contribution is -0.143. The van der Waals surface area contributed by atoms with Crippen LogP contribution in [0.2, 0.25) is 0 Å². The van der Waals surface area contributed by atoms with Crippen LogP contribution in [-0.2, 0) is 15.8 Å². The summed E-state index contributed by atoms with van der Waals surface area (Å²) < 4.78 is 37.4. The van der Waals surface area contributed by atoms with Crippen LogP contribution in [0.25, 0.3) is 0 Å². The van der Waals surface area contributed by atoms with Crippen molar-refractivity contribution < 1.29 is 33.0 Å². The van der Waals surface area contributed by atoms with Gasteiger partial charge in [-0.15, -0.1) is 0 Å². The Morgan fingerprint density at radius 2 is 1.75 bits per heavy atom. The number of aliphatic hydroxyl groups excluding tert-OH is 1. The second-order valence-corrected chi connectivity index (χ2v) is 5.44. The van der Waals surface area contributed by atoms with Gasteiger partial charge in [-0.2, -0.15) is 13.2 Å². The van der Waals surface area contributed by atoms with Crippen molar-refractivity contribution in [2.75, 3.05) is 0 Å². The minimum Gasteiger partial charge on any atom is -0.480 e. The number of amides is 1. The zero-order valence-corrected chi connectivity index (χ0v) is 13.1. The number of rotatable bonds is 6. The summed E-state index contributed by atoms with van der Waals surface area (Å²) in [6, 6.07) is 2.18. The molecule has 2 atom stereocenters. The molecule has 1 aromatic carbocycles. The molecule has 5 nitrogen and oxygen atoms in total. The quantitative estimate of drug-likeness (QED) is 0.692. The first-order chi connectivity index (χ1) is 11.0. The lowest BCUT2D eigenvalue weighted by Gasteiger charge is -2.17. The zero-order valence-electron chi connectivity index (χ0n) is 13.1. The number of aliphatic hydroxyl groups is 1. The fraction of sp³-hybridized carbons (Fsp3) is 0.375. The highest BCUT2D eigenvalue weighted by Gasteiger charge is 2.31. The molecule has 8 heteroatoms. The van der Waals surface area contributed by atoms with Gasteiger partial charge >= 0.3 is 12.1 Å². The Hall–Kier alpha value is -2.35. The summed E-state index contributed by atoms with van der Waals surface area (Å²) in [5.74, 6) is -2.27. The molecule has 1 rings (SSSR count). The van der Waals surface area contributed by atoms with Crippen LogP contribution in [0.1, 0.15) is 37.5 Å². The van der Waals surface area contributed by atoms with Crippen LogP contribution in [0, 0.1) is 0 Å². The molecule has 0 unspecified atom stereocenters. The van der Waals surface area contributed by atoms with E-state index in [0.717, 1.165) is 29.8 Å². The van der Waals surface area contributed by atoms with Crippen LogP contribution in [0.15, 0.2) is 35.9 Å². The number of alkyl halides is 3. The van der Waals surface area contributed by atoms with Crippen molar-refractivity contribution in [3.63, 3.8) is 0 Å². The molecule has 0 saturated heterocycles. The van der Waals surface area contributed by atoms with E-state index in [2.05, 4.69) is 5.32 Å². The van der Waals surface area contributed by atoms with E-state index in [1.165, 1.54) is 0 Å². The highest BCUT2D eigenvalue weighted by molar-refractivity contribution is 5.87. The first-order valence-electron chi connectivity index (χ1n) is 7.04. The molecule has 0 fully saturated rings. The Kier molecular flexibility index (Phi) is 6.53. The molecule has 0 bridgehead atoms. The monoisotopic (exact) mass is 345 g/mol. The number of carboxylic acids is 1. The van der Waals surface area contributed by atoms with E-state index in [4.69, 9.17) is 5.11 Å². The Labute approximate surface area is 136 Å². The largest absolute Gasteiger partial charge is 0.480 e. The molecule has 0 aliphatic carbocycles. The number of hydrogen-bond donors (Lipinski definition) is 3. The molecular weight excluding hydrogens is 327 g/mol. The molecule has 0 aliphatic rings. The van der Waals surface area contributed by atoms with Gasteiger partial charge in [0.25, 0.3) is 5.91 Å². The number of carboxylic acid groups (broad SMARTS) is 1. The van der Waals surface area contributed by atoms with Gasteiger partial charge in [-0.3, -0.25) is 4.79 Å². The average Bonchev–Trinajstić information content (AvgIpc) is 2.49. The number of allylic oxidation sites excluding steroid dienone is 1. The van der Waals surface area contributed by atoms with Gasteiger partial charge in [-0.25, -0.2) is 4.79 Å². The van der Waals surface area contributed by atoms with Gasteiger partial charge in [0.15, 0.2) is 6.10 Å². The van der Waals surface area contributed by atoms with E-state index in [0.29, 0.717) is 0 Å². The van der Waals surface area contributed by atoms with E-state index >= 15 is 0 Å². The fourth-order valence-corrected chi connectivity index (χ4v) is 1.83. The third kappa shape index (κ3) is 5.69. The van der Waals surface area contributed by atoms with Gasteiger partial charge < -0.3 is 15.5 Å². The van der Waals surface area contributed by atoms with E-state index in [9.17, 15) is 27.9 Å². The average molecular weight is 345 g/mol. The number of carbonyl (C=O) groups excluding carboxylic acids is 1. The van der Waals surface area contributed by atoms with Crippen molar-refractivity contribution in [1.82, 2.24) is 5.32 Å². The van der Waals surface area contributed by atoms with E-state index < -0.39 is 35.8 Å². The van der Waals surface area contributed by atoms with E-state index in [1.807, 2.05) is 0 Å². The topological polar surface area (TPSA) is 86.6 Å². The Balaban J connectivity index is 2.82. The van der Waals surface area contributed by atoms with Crippen molar-refractivity contribution in [1.29, 1.82) is 0 Å². The Morgan fingerprint density at radius 3 is 2.17 bits per heavy atom. The van der Waals surface area contributed by atoms with Crippen LogP contribution < -0.4 is 5.32 Å². The molecule has 0 spiro atoms. The van der Waals surface area contributed by atoms with Crippen molar-refractivity contribution in [2.24, 2.45) is 0 Å². The van der Waals surface area contributed by atoms with Crippen molar-refractivity contribution in [3.8, 4) is 0 Å². The first kappa shape index (κ1) is 19.7. The van der Waals surface area contributed by atoms with E-state index in [1.54, 1.807) is 19.9 Å². The van der Waals surface area contributed by atoms with Crippen LogP contribution in [0.4, 0.5) is 13.2 Å². The maximum atomic E-state index is 12.5. The molecule has 3 N–H and O–H groups in total. The molecule has 0 aromatic heterocycles. The number of hydrogen-bond acceptors (Lipinski definition) is 3. The second kappa shape index (κ2) is 7.96. The fourth-order valence-electron chi connectivity index (χ4n) is 1.83. The summed E-state index contributed by atoms with van der Waals surface area (Å²) in [7, 11) is 0. The van der Waals surface area contributed by atoms with Gasteiger partial charge in [-0.1, -0.05) is 23.8 Å². The first-order valence-corrected chi connectivity index (χ1v) is 7.04. The smallest absolute Gasteiger partial charge is 0.416 e. The minimum atomic E-state index is -4.52. The molecule has 24 heavy (non-hydrogen) atoms. The third-order valence-electron chi connectivity index (χ3n) is 3.18. The van der Waals surface area contributed by atoms with Crippen molar-refractivity contribution in [2.45, 2.75) is 38.6 Å². The molecule has 0 saturated carbocycles. The summed E-state index contributed by atoms with van der Waals surface area (Å²) in [6.45, 7) is 3.52. The Bertz CT molecular complexity index is 619. The highest BCUT2D eigenvalue weighted by Crippen LogP contribution is 2.29. The van der Waals surface area contributed by atoms with Crippen LogP contribution >= 0.6 is 0 Å². The lowest BCUT2D eigenvalue weighted by atomic mass is 10.1. The predicted molar refractivity (Wildman–Crippen MR) is 80.0 cm³/mol. The van der Waals surface area contributed by atoms with Crippen LogP contribution in [-0.4, -0.2) is 28.1 Å². The molecule has 0 radical (unpaired) electrons. The summed E-state index contributed by atoms with van der Waals surface area (Å²) in [5.41, 5.74) is -0.114. The van der Waals surface area contributed by atoms with Gasteiger partial charge in [-0.05, 0) is 38.0 Å². The summed E-state index contributed by atoms with van der Waals surface area (Å²) in [5, 5.41) is 21.1. The van der Waals surface area contributed by atoms with Crippen molar-refractivity contribution in [3.05, 3.63) is 47.0 Å². The molecule has 1 amide bonds. The SMILES string of the molecule is CC(C)=CC[C@H](NC(=O)[C@@H](O)c1ccc(C(F)(F)F)cc1)C(=O)O. The summed E-state index contributed by atoms with van der Waals surface area (Å²) in [4.78, 5) is 23.0.